The number of benzene rings is 1. The van der Waals surface area contributed by atoms with Gasteiger partial charge in [0.05, 0.1) is 0 Å². The van der Waals surface area contributed by atoms with Crippen LogP contribution in [0.5, 0.6) is 5.75 Å². The fourth-order valence-electron chi connectivity index (χ4n) is 3.67. The van der Waals surface area contributed by atoms with Gasteiger partial charge in [-0.15, -0.1) is 0 Å². The van der Waals surface area contributed by atoms with Gasteiger partial charge in [-0.1, -0.05) is 13.0 Å². The maximum Gasteiger partial charge on any atom is 0.115 e. The number of aryl methyl sites for hydroxylation is 1. The molecule has 2 N–H and O–H groups in total. The van der Waals surface area contributed by atoms with Gasteiger partial charge < -0.3 is 15.3 Å². The Kier molecular flexibility index (Phi) is 4.27. The van der Waals surface area contributed by atoms with Crippen LogP contribution in [0, 0.1) is 5.92 Å². The molecule has 2 atom stereocenters. The summed E-state index contributed by atoms with van der Waals surface area (Å²) in [6.45, 7) is 7.02. The average Bonchev–Trinajstić information content (AvgIpc) is 2.93. The molecule has 1 aliphatic heterocycles. The van der Waals surface area contributed by atoms with Crippen molar-refractivity contribution in [2.45, 2.75) is 38.6 Å². The van der Waals surface area contributed by atoms with E-state index in [-0.39, 0.29) is 0 Å². The molecule has 3 heteroatoms. The van der Waals surface area contributed by atoms with Crippen LogP contribution in [0.25, 0.3) is 0 Å². The molecule has 1 aliphatic carbocycles. The number of phenolic OH excluding ortho intramolecular Hbond substituents is 1. The Hall–Kier alpha value is -1.06. The van der Waals surface area contributed by atoms with Crippen molar-refractivity contribution in [3.05, 3.63) is 29.3 Å². The van der Waals surface area contributed by atoms with Gasteiger partial charge in [0.15, 0.2) is 0 Å². The third-order valence-electron chi connectivity index (χ3n) is 4.91. The first-order valence-corrected chi connectivity index (χ1v) is 8.03. The van der Waals surface area contributed by atoms with E-state index in [1.165, 1.54) is 50.0 Å². The highest BCUT2D eigenvalue weighted by Crippen LogP contribution is 2.32. The molecule has 0 saturated carbocycles. The van der Waals surface area contributed by atoms with E-state index in [0.29, 0.717) is 11.8 Å². The third kappa shape index (κ3) is 2.99. The van der Waals surface area contributed by atoms with Gasteiger partial charge in [-0.05, 0) is 74.5 Å². The van der Waals surface area contributed by atoms with Crippen LogP contribution < -0.4 is 5.32 Å². The van der Waals surface area contributed by atoms with E-state index in [1.807, 2.05) is 12.1 Å². The Morgan fingerprint density at radius 2 is 2.25 bits per heavy atom. The summed E-state index contributed by atoms with van der Waals surface area (Å²) in [5.41, 5.74) is 2.73. The van der Waals surface area contributed by atoms with Crippen molar-refractivity contribution in [2.75, 3.05) is 26.2 Å². The molecule has 1 saturated heterocycles. The van der Waals surface area contributed by atoms with Crippen molar-refractivity contribution in [3.63, 3.8) is 0 Å². The minimum atomic E-state index is 0.399. The Labute approximate surface area is 122 Å². The topological polar surface area (TPSA) is 35.5 Å². The monoisotopic (exact) mass is 274 g/mol. The summed E-state index contributed by atoms with van der Waals surface area (Å²) in [6, 6.07) is 6.30. The molecule has 1 aromatic carbocycles. The number of nitrogens with zero attached hydrogens (tertiary/aromatic N) is 1. The lowest BCUT2D eigenvalue weighted by Crippen LogP contribution is -2.31. The summed E-state index contributed by atoms with van der Waals surface area (Å²) >= 11 is 0. The molecule has 3 rings (SSSR count). The predicted molar refractivity (Wildman–Crippen MR) is 82.0 cm³/mol. The van der Waals surface area contributed by atoms with E-state index >= 15 is 0 Å². The average molecular weight is 274 g/mol. The van der Waals surface area contributed by atoms with E-state index in [4.69, 9.17) is 0 Å². The van der Waals surface area contributed by atoms with Crippen molar-refractivity contribution in [2.24, 2.45) is 5.92 Å². The van der Waals surface area contributed by atoms with Crippen molar-refractivity contribution in [3.8, 4) is 5.75 Å². The fourth-order valence-corrected chi connectivity index (χ4v) is 3.67. The molecular formula is C17H26N2O. The molecule has 3 nitrogen and oxygen atoms in total. The third-order valence-corrected chi connectivity index (χ3v) is 4.91. The predicted octanol–water partition coefficient (Wildman–Crippen LogP) is 2.70. The minimum absolute atomic E-state index is 0.399. The molecule has 110 valence electrons. The van der Waals surface area contributed by atoms with Crippen molar-refractivity contribution >= 4 is 0 Å². The lowest BCUT2D eigenvalue weighted by molar-refractivity contribution is 0.331. The molecule has 1 aromatic rings. The highest BCUT2D eigenvalue weighted by atomic mass is 16.3. The maximum absolute atomic E-state index is 9.72. The molecule has 0 radical (unpaired) electrons. The van der Waals surface area contributed by atoms with Gasteiger partial charge in [-0.3, -0.25) is 0 Å². The SMILES string of the molecule is CCN1CCC(CNC2CCCc3ccc(O)cc32)C1. The van der Waals surface area contributed by atoms with Crippen LogP contribution in [-0.4, -0.2) is 36.2 Å². The standard InChI is InChI=1S/C17H26N2O/c1-2-19-9-8-13(12-19)11-18-17-5-3-4-14-6-7-15(20)10-16(14)17/h6-7,10,13,17-18,20H,2-5,8-9,11-12H2,1H3. The molecule has 1 fully saturated rings. The number of likely N-dealkylation sites (tertiary alicyclic amines) is 1. The molecule has 2 unspecified atom stereocenters. The van der Waals surface area contributed by atoms with E-state index in [1.54, 1.807) is 0 Å². The van der Waals surface area contributed by atoms with Crippen molar-refractivity contribution in [1.82, 2.24) is 10.2 Å². The first kappa shape index (κ1) is 13.9. The summed E-state index contributed by atoms with van der Waals surface area (Å²) in [5.74, 6) is 1.19. The summed E-state index contributed by atoms with van der Waals surface area (Å²) < 4.78 is 0. The van der Waals surface area contributed by atoms with Crippen LogP contribution in [-0.2, 0) is 6.42 Å². The van der Waals surface area contributed by atoms with E-state index in [0.717, 1.165) is 18.9 Å². The molecule has 1 heterocycles. The highest BCUT2D eigenvalue weighted by molar-refractivity contribution is 5.38. The van der Waals surface area contributed by atoms with Crippen LogP contribution >= 0.6 is 0 Å². The number of nitrogens with one attached hydrogen (secondary N) is 1. The minimum Gasteiger partial charge on any atom is -0.508 e. The quantitative estimate of drug-likeness (QED) is 0.886. The second kappa shape index (κ2) is 6.15. The second-order valence-corrected chi connectivity index (χ2v) is 6.28. The van der Waals surface area contributed by atoms with Gasteiger partial charge >= 0.3 is 0 Å². The molecule has 0 bridgehead atoms. The van der Waals surface area contributed by atoms with E-state index in [9.17, 15) is 5.11 Å². The van der Waals surface area contributed by atoms with Crippen molar-refractivity contribution < 1.29 is 5.11 Å². The van der Waals surface area contributed by atoms with Gasteiger partial charge in [0, 0.05) is 12.6 Å². The molecule has 0 spiro atoms. The lowest BCUT2D eigenvalue weighted by atomic mass is 9.87. The molecule has 0 aromatic heterocycles. The number of fused-ring (bicyclic) bond motifs is 1. The Balaban J connectivity index is 1.60. The summed E-state index contributed by atoms with van der Waals surface area (Å²) in [7, 11) is 0. The van der Waals surface area contributed by atoms with E-state index < -0.39 is 0 Å². The largest absolute Gasteiger partial charge is 0.508 e. The molecule has 2 aliphatic rings. The first-order chi connectivity index (χ1) is 9.76. The zero-order chi connectivity index (χ0) is 13.9. The van der Waals surface area contributed by atoms with Crippen LogP contribution in [0.2, 0.25) is 0 Å². The smallest absolute Gasteiger partial charge is 0.115 e. The van der Waals surface area contributed by atoms with Crippen LogP contribution in [0.15, 0.2) is 18.2 Å². The molecular weight excluding hydrogens is 248 g/mol. The number of rotatable bonds is 4. The van der Waals surface area contributed by atoms with Gasteiger partial charge in [0.25, 0.3) is 0 Å². The zero-order valence-electron chi connectivity index (χ0n) is 12.4. The van der Waals surface area contributed by atoms with Gasteiger partial charge in [0.1, 0.15) is 5.75 Å². The van der Waals surface area contributed by atoms with Gasteiger partial charge in [-0.25, -0.2) is 0 Å². The van der Waals surface area contributed by atoms with Gasteiger partial charge in [0.2, 0.25) is 0 Å². The lowest BCUT2D eigenvalue weighted by Gasteiger charge is -2.28. The summed E-state index contributed by atoms with van der Waals surface area (Å²) in [5, 5.41) is 13.5. The number of phenols is 1. The number of aromatic hydroxyl groups is 1. The van der Waals surface area contributed by atoms with Gasteiger partial charge in [-0.2, -0.15) is 0 Å². The Bertz CT molecular complexity index is 460. The summed E-state index contributed by atoms with van der Waals surface area (Å²) in [4.78, 5) is 2.53. The normalized spacial score (nSPS) is 26.6. The maximum atomic E-state index is 9.72. The zero-order valence-corrected chi connectivity index (χ0v) is 12.4. The second-order valence-electron chi connectivity index (χ2n) is 6.28. The van der Waals surface area contributed by atoms with E-state index in [2.05, 4.69) is 23.2 Å². The van der Waals surface area contributed by atoms with Crippen LogP contribution in [0.3, 0.4) is 0 Å². The molecule has 0 amide bonds. The fraction of sp³-hybridized carbons (Fsp3) is 0.647. The highest BCUT2D eigenvalue weighted by Gasteiger charge is 2.24. The number of hydrogen-bond donors (Lipinski definition) is 2. The Morgan fingerprint density at radius 1 is 1.35 bits per heavy atom. The van der Waals surface area contributed by atoms with Crippen LogP contribution in [0.1, 0.15) is 43.4 Å². The molecule has 20 heavy (non-hydrogen) atoms. The number of hydrogen-bond acceptors (Lipinski definition) is 3. The van der Waals surface area contributed by atoms with Crippen molar-refractivity contribution in [1.29, 1.82) is 0 Å². The summed E-state index contributed by atoms with van der Waals surface area (Å²) in [6.07, 6.45) is 4.92. The first-order valence-electron chi connectivity index (χ1n) is 8.03. The van der Waals surface area contributed by atoms with Crippen LogP contribution in [0.4, 0.5) is 0 Å². The Morgan fingerprint density at radius 3 is 3.05 bits per heavy atom.